The smallest absolute Gasteiger partial charge is 0.236 e. The summed E-state index contributed by atoms with van der Waals surface area (Å²) in [6, 6.07) is 0.327. The SMILES string of the molecule is CN1CCCN(C2CCC(=O)C2)CC1=O. The molecule has 84 valence electrons. The molecule has 1 amide bonds. The van der Waals surface area contributed by atoms with Crippen LogP contribution < -0.4 is 0 Å². The zero-order chi connectivity index (χ0) is 10.8. The number of nitrogens with zero attached hydrogens (tertiary/aromatic N) is 2. The molecule has 0 aromatic carbocycles. The van der Waals surface area contributed by atoms with Crippen LogP contribution in [-0.4, -0.2) is 54.2 Å². The van der Waals surface area contributed by atoms with E-state index in [4.69, 9.17) is 0 Å². The van der Waals surface area contributed by atoms with E-state index < -0.39 is 0 Å². The van der Waals surface area contributed by atoms with E-state index in [1.54, 1.807) is 4.90 Å². The van der Waals surface area contributed by atoms with Crippen molar-refractivity contribution in [1.82, 2.24) is 9.80 Å². The monoisotopic (exact) mass is 210 g/mol. The van der Waals surface area contributed by atoms with Gasteiger partial charge in [0.15, 0.2) is 0 Å². The van der Waals surface area contributed by atoms with Crippen molar-refractivity contribution in [3.63, 3.8) is 0 Å². The second-order valence-corrected chi connectivity index (χ2v) is 4.57. The molecule has 2 fully saturated rings. The summed E-state index contributed by atoms with van der Waals surface area (Å²) >= 11 is 0. The standard InChI is InChI=1S/C11H18N2O2/c1-12-5-2-6-13(8-11(12)15)9-3-4-10(14)7-9/h9H,2-8H2,1H3. The zero-order valence-corrected chi connectivity index (χ0v) is 9.24. The molecule has 0 N–H and O–H groups in total. The maximum absolute atomic E-state index is 11.7. The predicted molar refractivity (Wildman–Crippen MR) is 56.5 cm³/mol. The minimum atomic E-state index is 0.187. The second kappa shape index (κ2) is 4.31. The van der Waals surface area contributed by atoms with Gasteiger partial charge in [0, 0.05) is 39.0 Å². The number of hydrogen-bond donors (Lipinski definition) is 0. The van der Waals surface area contributed by atoms with Crippen molar-refractivity contribution in [1.29, 1.82) is 0 Å². The van der Waals surface area contributed by atoms with Gasteiger partial charge in [-0.1, -0.05) is 0 Å². The van der Waals surface area contributed by atoms with Crippen LogP contribution in [0.1, 0.15) is 25.7 Å². The average molecular weight is 210 g/mol. The van der Waals surface area contributed by atoms with Crippen molar-refractivity contribution >= 4 is 11.7 Å². The Bertz CT molecular complexity index is 278. The second-order valence-electron chi connectivity index (χ2n) is 4.57. The fraction of sp³-hybridized carbons (Fsp3) is 0.818. The van der Waals surface area contributed by atoms with Crippen LogP contribution in [0.3, 0.4) is 0 Å². The van der Waals surface area contributed by atoms with E-state index in [-0.39, 0.29) is 5.91 Å². The molecule has 1 atom stereocenters. The van der Waals surface area contributed by atoms with Crippen LogP contribution in [-0.2, 0) is 9.59 Å². The van der Waals surface area contributed by atoms with Gasteiger partial charge in [-0.25, -0.2) is 0 Å². The maximum Gasteiger partial charge on any atom is 0.236 e. The maximum atomic E-state index is 11.7. The van der Waals surface area contributed by atoms with Crippen LogP contribution in [0, 0.1) is 0 Å². The largest absolute Gasteiger partial charge is 0.345 e. The zero-order valence-electron chi connectivity index (χ0n) is 9.24. The lowest BCUT2D eigenvalue weighted by atomic mass is 10.2. The van der Waals surface area contributed by atoms with Crippen LogP contribution in [0.2, 0.25) is 0 Å². The summed E-state index contributed by atoms with van der Waals surface area (Å²) in [5.41, 5.74) is 0. The van der Waals surface area contributed by atoms with Crippen LogP contribution in [0.15, 0.2) is 0 Å². The summed E-state index contributed by atoms with van der Waals surface area (Å²) in [5.74, 6) is 0.539. The van der Waals surface area contributed by atoms with Crippen LogP contribution in [0.5, 0.6) is 0 Å². The third-order valence-corrected chi connectivity index (χ3v) is 3.44. The van der Waals surface area contributed by atoms with Crippen LogP contribution in [0.25, 0.3) is 0 Å². The molecule has 0 aromatic heterocycles. The van der Waals surface area contributed by atoms with Crippen molar-refractivity contribution in [3.8, 4) is 0 Å². The Balaban J connectivity index is 1.97. The Morgan fingerprint density at radius 2 is 2.07 bits per heavy atom. The molecule has 4 nitrogen and oxygen atoms in total. The molecule has 1 aliphatic heterocycles. The highest BCUT2D eigenvalue weighted by Crippen LogP contribution is 2.21. The summed E-state index contributed by atoms with van der Waals surface area (Å²) in [6.45, 7) is 2.29. The van der Waals surface area contributed by atoms with E-state index >= 15 is 0 Å². The third-order valence-electron chi connectivity index (χ3n) is 3.44. The van der Waals surface area contributed by atoms with E-state index in [0.717, 1.165) is 25.9 Å². The topological polar surface area (TPSA) is 40.6 Å². The molecule has 0 bridgehead atoms. The number of likely N-dealkylation sites (N-methyl/N-ethyl adjacent to an activating group) is 1. The quantitative estimate of drug-likeness (QED) is 0.624. The average Bonchev–Trinajstić information content (AvgIpc) is 2.55. The van der Waals surface area contributed by atoms with Crippen LogP contribution in [0.4, 0.5) is 0 Å². The van der Waals surface area contributed by atoms with Gasteiger partial charge < -0.3 is 4.90 Å². The van der Waals surface area contributed by atoms with Gasteiger partial charge >= 0.3 is 0 Å². The molecule has 1 heterocycles. The fourth-order valence-electron chi connectivity index (χ4n) is 2.43. The Morgan fingerprint density at radius 1 is 1.27 bits per heavy atom. The minimum absolute atomic E-state index is 0.187. The van der Waals surface area contributed by atoms with Crippen molar-refractivity contribution in [3.05, 3.63) is 0 Å². The number of carbonyl (C=O) groups excluding carboxylic acids is 2. The van der Waals surface area contributed by atoms with Crippen molar-refractivity contribution in [2.24, 2.45) is 0 Å². The molecular weight excluding hydrogens is 192 g/mol. The van der Waals surface area contributed by atoms with Gasteiger partial charge in [0.25, 0.3) is 0 Å². The molecule has 2 rings (SSSR count). The molecule has 0 radical (unpaired) electrons. The molecule has 0 aromatic rings. The number of hydrogen-bond acceptors (Lipinski definition) is 3. The van der Waals surface area contributed by atoms with Gasteiger partial charge in [-0.15, -0.1) is 0 Å². The number of amides is 1. The molecular formula is C11H18N2O2. The first-order valence-corrected chi connectivity index (χ1v) is 5.66. The summed E-state index contributed by atoms with van der Waals surface area (Å²) in [7, 11) is 1.85. The van der Waals surface area contributed by atoms with E-state index in [2.05, 4.69) is 4.90 Å². The minimum Gasteiger partial charge on any atom is -0.345 e. The lowest BCUT2D eigenvalue weighted by molar-refractivity contribution is -0.130. The Hall–Kier alpha value is -0.900. The number of Topliss-reactive ketones (excluding diaryl/α,β-unsaturated/α-hetero) is 1. The first-order chi connectivity index (χ1) is 7.16. The van der Waals surface area contributed by atoms with E-state index in [1.807, 2.05) is 7.05 Å². The molecule has 4 heteroatoms. The van der Waals surface area contributed by atoms with E-state index in [0.29, 0.717) is 31.2 Å². The van der Waals surface area contributed by atoms with Crippen molar-refractivity contribution < 1.29 is 9.59 Å². The van der Waals surface area contributed by atoms with Crippen molar-refractivity contribution in [2.45, 2.75) is 31.7 Å². The first-order valence-electron chi connectivity index (χ1n) is 5.66. The van der Waals surface area contributed by atoms with Gasteiger partial charge in [-0.2, -0.15) is 0 Å². The van der Waals surface area contributed by atoms with Gasteiger partial charge in [0.2, 0.25) is 5.91 Å². The first kappa shape index (κ1) is 10.6. The van der Waals surface area contributed by atoms with Gasteiger partial charge in [0.05, 0.1) is 6.54 Å². The summed E-state index contributed by atoms with van der Waals surface area (Å²) in [6.07, 6.45) is 3.31. The number of carbonyl (C=O) groups is 2. The molecule has 2 aliphatic rings. The molecule has 1 saturated heterocycles. The van der Waals surface area contributed by atoms with E-state index in [1.165, 1.54) is 0 Å². The van der Waals surface area contributed by atoms with E-state index in [9.17, 15) is 9.59 Å². The highest BCUT2D eigenvalue weighted by Gasteiger charge is 2.30. The van der Waals surface area contributed by atoms with Crippen molar-refractivity contribution in [2.75, 3.05) is 26.7 Å². The molecule has 1 unspecified atom stereocenters. The Kier molecular flexibility index (Phi) is 3.05. The number of ketones is 1. The number of rotatable bonds is 1. The summed E-state index contributed by atoms with van der Waals surface area (Å²) in [4.78, 5) is 26.8. The van der Waals surface area contributed by atoms with Gasteiger partial charge in [-0.3, -0.25) is 14.5 Å². The van der Waals surface area contributed by atoms with Gasteiger partial charge in [-0.05, 0) is 12.8 Å². The van der Waals surface area contributed by atoms with Gasteiger partial charge in [0.1, 0.15) is 5.78 Å². The molecule has 1 aliphatic carbocycles. The molecule has 0 spiro atoms. The lowest BCUT2D eigenvalue weighted by Crippen LogP contribution is -2.39. The Labute approximate surface area is 90.2 Å². The third kappa shape index (κ3) is 2.37. The summed E-state index contributed by atoms with van der Waals surface area (Å²) < 4.78 is 0. The summed E-state index contributed by atoms with van der Waals surface area (Å²) in [5, 5.41) is 0. The lowest BCUT2D eigenvalue weighted by Gasteiger charge is -2.25. The highest BCUT2D eigenvalue weighted by atomic mass is 16.2. The fourth-order valence-corrected chi connectivity index (χ4v) is 2.43. The van der Waals surface area contributed by atoms with Crippen LogP contribution >= 0.6 is 0 Å². The molecule has 15 heavy (non-hydrogen) atoms. The Morgan fingerprint density at radius 3 is 2.73 bits per heavy atom. The highest BCUT2D eigenvalue weighted by molar-refractivity contribution is 5.82. The molecule has 1 saturated carbocycles. The normalized spacial score (nSPS) is 29.7. The predicted octanol–water partition coefficient (Wildman–Crippen LogP) is 0.272.